The van der Waals surface area contributed by atoms with Crippen LogP contribution in [-0.2, 0) is 10.4 Å². The van der Waals surface area contributed by atoms with Crippen LogP contribution in [0.25, 0.3) is 0 Å². The molecule has 0 aromatic carbocycles. The molecule has 0 aliphatic heterocycles. The van der Waals surface area contributed by atoms with Gasteiger partial charge in [0.25, 0.3) is 0 Å². The molecular weight excluding hydrogens is 246 g/mol. The molecular formula is C9H24N3O4S+. The quantitative estimate of drug-likeness (QED) is 0.288. The summed E-state index contributed by atoms with van der Waals surface area (Å²) in [6.45, 7) is 12.4. The van der Waals surface area contributed by atoms with Crippen molar-refractivity contribution in [2.75, 3.05) is 26.2 Å². The maximum atomic E-state index is 8.74. The molecule has 0 amide bonds. The van der Waals surface area contributed by atoms with E-state index in [-0.39, 0.29) is 0 Å². The van der Waals surface area contributed by atoms with Crippen molar-refractivity contribution in [3.63, 3.8) is 0 Å². The lowest BCUT2D eigenvalue weighted by Crippen LogP contribution is -2.44. The van der Waals surface area contributed by atoms with Crippen molar-refractivity contribution >= 4 is 16.4 Å². The zero-order valence-electron chi connectivity index (χ0n) is 10.9. The van der Waals surface area contributed by atoms with E-state index < -0.39 is 10.4 Å². The molecule has 0 spiro atoms. The lowest BCUT2D eigenvalue weighted by Gasteiger charge is -2.16. The molecule has 104 valence electrons. The molecule has 0 saturated heterocycles. The first-order valence-electron chi connectivity index (χ1n) is 5.53. The predicted octanol–water partition coefficient (Wildman–Crippen LogP) is 0.0424. The summed E-state index contributed by atoms with van der Waals surface area (Å²) < 4.78 is 33.8. The van der Waals surface area contributed by atoms with E-state index in [1.165, 1.54) is 0 Å². The third-order valence-corrected chi connectivity index (χ3v) is 2.17. The zero-order chi connectivity index (χ0) is 14.1. The average Bonchev–Trinajstić information content (AvgIpc) is 2.19. The van der Waals surface area contributed by atoms with Crippen molar-refractivity contribution in [3.8, 4) is 0 Å². The predicted molar refractivity (Wildman–Crippen MR) is 67.6 cm³/mol. The van der Waals surface area contributed by atoms with Gasteiger partial charge in [-0.1, -0.05) is 0 Å². The normalized spacial score (nSPS) is 10.2. The highest BCUT2D eigenvalue weighted by Crippen LogP contribution is 1.87. The number of nitrogens with zero attached hydrogens (tertiary/aromatic N) is 2. The van der Waals surface area contributed by atoms with Crippen molar-refractivity contribution in [1.82, 2.24) is 4.90 Å². The van der Waals surface area contributed by atoms with Gasteiger partial charge in [0.05, 0.1) is 26.2 Å². The highest BCUT2D eigenvalue weighted by Gasteiger charge is 2.12. The molecule has 0 radical (unpaired) electrons. The Bertz CT molecular complexity index is 309. The second-order valence-corrected chi connectivity index (χ2v) is 4.05. The molecule has 0 bridgehead atoms. The lowest BCUT2D eigenvalue weighted by molar-refractivity contribution is -0.526. The fourth-order valence-corrected chi connectivity index (χ4v) is 1.30. The number of hydrogen-bond donors (Lipinski definition) is 3. The van der Waals surface area contributed by atoms with Crippen molar-refractivity contribution < 1.29 is 22.1 Å². The summed E-state index contributed by atoms with van der Waals surface area (Å²) in [5.74, 6) is 0.907. The molecule has 0 saturated carbocycles. The van der Waals surface area contributed by atoms with Gasteiger partial charge in [0, 0.05) is 0 Å². The summed E-state index contributed by atoms with van der Waals surface area (Å²) in [7, 11) is -4.67. The van der Waals surface area contributed by atoms with Crippen LogP contribution in [0.4, 0.5) is 0 Å². The van der Waals surface area contributed by atoms with Crippen molar-refractivity contribution in [2.24, 2.45) is 5.73 Å². The van der Waals surface area contributed by atoms with E-state index in [0.717, 1.165) is 32.1 Å². The van der Waals surface area contributed by atoms with Crippen molar-refractivity contribution in [1.29, 1.82) is 0 Å². The van der Waals surface area contributed by atoms with Gasteiger partial charge in [0.15, 0.2) is 0 Å². The summed E-state index contributed by atoms with van der Waals surface area (Å²) in [6.07, 6.45) is 0. The SMILES string of the molecule is CCN(CC)C(N)=[N+](CC)CC.O=S(=O)(O)O. The van der Waals surface area contributed by atoms with E-state index in [9.17, 15) is 0 Å². The number of rotatable bonds is 4. The fourth-order valence-electron chi connectivity index (χ4n) is 1.30. The van der Waals surface area contributed by atoms with Gasteiger partial charge in [-0.2, -0.15) is 8.42 Å². The van der Waals surface area contributed by atoms with E-state index in [1.807, 2.05) is 0 Å². The molecule has 0 aromatic rings. The van der Waals surface area contributed by atoms with Crippen LogP contribution >= 0.6 is 0 Å². The highest BCUT2D eigenvalue weighted by molar-refractivity contribution is 7.79. The molecule has 17 heavy (non-hydrogen) atoms. The van der Waals surface area contributed by atoms with Gasteiger partial charge < -0.3 is 0 Å². The third kappa shape index (κ3) is 11.4. The number of guanidine groups is 1. The summed E-state index contributed by atoms with van der Waals surface area (Å²) in [6, 6.07) is 0. The molecule has 8 heteroatoms. The summed E-state index contributed by atoms with van der Waals surface area (Å²) in [5.41, 5.74) is 5.97. The van der Waals surface area contributed by atoms with E-state index in [0.29, 0.717) is 0 Å². The van der Waals surface area contributed by atoms with Crippen LogP contribution in [0.5, 0.6) is 0 Å². The van der Waals surface area contributed by atoms with Gasteiger partial charge in [-0.25, -0.2) is 0 Å². The Kier molecular flexibility index (Phi) is 10.0. The molecule has 7 nitrogen and oxygen atoms in total. The van der Waals surface area contributed by atoms with Gasteiger partial charge in [-0.3, -0.25) is 24.3 Å². The molecule has 0 unspecified atom stereocenters. The second-order valence-electron chi connectivity index (χ2n) is 3.15. The van der Waals surface area contributed by atoms with Crippen LogP contribution in [0.15, 0.2) is 0 Å². The number of nitrogens with two attached hydrogens (primary N) is 1. The zero-order valence-corrected chi connectivity index (χ0v) is 11.7. The van der Waals surface area contributed by atoms with Crippen LogP contribution in [0, 0.1) is 0 Å². The highest BCUT2D eigenvalue weighted by atomic mass is 32.3. The minimum atomic E-state index is -4.67. The van der Waals surface area contributed by atoms with Crippen LogP contribution in [-0.4, -0.2) is 59.1 Å². The molecule has 4 N–H and O–H groups in total. The van der Waals surface area contributed by atoms with E-state index >= 15 is 0 Å². The van der Waals surface area contributed by atoms with Gasteiger partial charge in [0.1, 0.15) is 0 Å². The Labute approximate surface area is 104 Å². The molecule has 0 aliphatic rings. The smallest absolute Gasteiger partial charge is 0.291 e. The second kappa shape index (κ2) is 9.20. The third-order valence-electron chi connectivity index (χ3n) is 2.17. The van der Waals surface area contributed by atoms with E-state index in [2.05, 4.69) is 37.2 Å². The monoisotopic (exact) mass is 270 g/mol. The topological polar surface area (TPSA) is 107 Å². The molecule has 0 fully saturated rings. The molecule has 0 atom stereocenters. The Morgan fingerprint density at radius 2 is 1.41 bits per heavy atom. The minimum absolute atomic E-state index is 0.907. The summed E-state index contributed by atoms with van der Waals surface area (Å²) in [4.78, 5) is 2.17. The van der Waals surface area contributed by atoms with Gasteiger partial charge >= 0.3 is 16.4 Å². The van der Waals surface area contributed by atoms with Crippen LogP contribution in [0.2, 0.25) is 0 Å². The van der Waals surface area contributed by atoms with Gasteiger partial charge in [0.2, 0.25) is 0 Å². The molecule has 0 aliphatic carbocycles. The maximum Gasteiger partial charge on any atom is 0.394 e. The first kappa shape index (κ1) is 18.5. The Morgan fingerprint density at radius 3 is 1.59 bits per heavy atom. The maximum absolute atomic E-state index is 8.74. The van der Waals surface area contributed by atoms with Gasteiger partial charge in [-0.15, -0.1) is 0 Å². The van der Waals surface area contributed by atoms with Crippen molar-refractivity contribution in [3.05, 3.63) is 0 Å². The van der Waals surface area contributed by atoms with E-state index in [1.54, 1.807) is 0 Å². The van der Waals surface area contributed by atoms with Crippen LogP contribution in [0.3, 0.4) is 0 Å². The Hall–Kier alpha value is -0.860. The largest absolute Gasteiger partial charge is 0.394 e. The molecule has 0 rings (SSSR count). The van der Waals surface area contributed by atoms with E-state index in [4.69, 9.17) is 23.3 Å². The van der Waals surface area contributed by atoms with Gasteiger partial charge in [-0.05, 0) is 27.7 Å². The standard InChI is InChI=1S/C9H21N3.H2O4S/c1-5-11(6-2)9(10)12(7-3)8-4;1-5(2,3)4/h10H,5-8H2,1-4H3;(H2,1,2,3,4)/p+1. The fraction of sp³-hybridized carbons (Fsp3) is 0.889. The Morgan fingerprint density at radius 1 is 1.12 bits per heavy atom. The number of hydrogen-bond acceptors (Lipinski definition) is 2. The Balaban J connectivity index is 0. The van der Waals surface area contributed by atoms with Crippen LogP contribution in [0.1, 0.15) is 27.7 Å². The molecule has 0 aromatic heterocycles. The van der Waals surface area contributed by atoms with Crippen LogP contribution < -0.4 is 5.73 Å². The lowest BCUT2D eigenvalue weighted by atomic mass is 10.5. The first-order valence-corrected chi connectivity index (χ1v) is 6.92. The average molecular weight is 270 g/mol. The summed E-state index contributed by atoms with van der Waals surface area (Å²) >= 11 is 0. The molecule has 0 heterocycles. The first-order chi connectivity index (χ1) is 7.71. The summed E-state index contributed by atoms with van der Waals surface area (Å²) in [5, 5.41) is 0. The van der Waals surface area contributed by atoms with Crippen molar-refractivity contribution in [2.45, 2.75) is 27.7 Å². The minimum Gasteiger partial charge on any atom is -0.291 e.